The van der Waals surface area contributed by atoms with Crippen LogP contribution >= 0.6 is 0 Å². The molecule has 236 valence electrons. The van der Waals surface area contributed by atoms with Crippen LogP contribution in [0.15, 0.2) is 83.7 Å². The molecule has 3 aromatic carbocycles. The van der Waals surface area contributed by atoms with Crippen molar-refractivity contribution in [1.29, 1.82) is 0 Å². The number of anilines is 1. The third-order valence-corrected chi connectivity index (χ3v) is 7.27. The van der Waals surface area contributed by atoms with Crippen LogP contribution in [0.25, 0.3) is 22.6 Å². The van der Waals surface area contributed by atoms with Gasteiger partial charge in [0, 0.05) is 12.6 Å². The number of carbonyl (C=O) groups excluding carboxylic acids is 3. The maximum atomic E-state index is 13.2. The van der Waals surface area contributed by atoms with Crippen molar-refractivity contribution in [3.05, 3.63) is 106 Å². The van der Waals surface area contributed by atoms with Crippen LogP contribution in [-0.2, 0) is 21.3 Å². The summed E-state index contributed by atoms with van der Waals surface area (Å²) in [5.74, 6) is -1.71. The molecule has 13 nitrogen and oxygen atoms in total. The average Bonchev–Trinajstić information content (AvgIpc) is 3.58. The minimum Gasteiger partial charge on any atom is -0.493 e. The number of nitrogens with one attached hydrogen (secondary N) is 1. The third kappa shape index (κ3) is 5.85. The van der Waals surface area contributed by atoms with Crippen LogP contribution in [-0.4, -0.2) is 64.9 Å². The van der Waals surface area contributed by atoms with Crippen molar-refractivity contribution in [3.63, 3.8) is 0 Å². The van der Waals surface area contributed by atoms with E-state index >= 15 is 0 Å². The minimum absolute atomic E-state index is 0.104. The molecule has 0 bridgehead atoms. The standard InChI is InChI=1S/C33H31N5O8/c1-20-28(31(40)38(36(20)2)23-14-10-7-11-15-23)34-26(39)19-46-24-17-16-21(18-25(24)43-3)29-27(32(41)44-4)30(33(42)45-5)37(35-29)22-12-8-6-9-13-22/h6-18H,19H2,1-5H3,(H,34,39). The highest BCUT2D eigenvalue weighted by Crippen LogP contribution is 2.35. The Balaban J connectivity index is 1.43. The number of methoxy groups -OCH3 is 3. The van der Waals surface area contributed by atoms with Gasteiger partial charge in [-0.15, -0.1) is 0 Å². The molecule has 5 aromatic rings. The highest BCUT2D eigenvalue weighted by Gasteiger charge is 2.31. The van der Waals surface area contributed by atoms with E-state index in [1.165, 1.54) is 36.8 Å². The molecular weight excluding hydrogens is 594 g/mol. The van der Waals surface area contributed by atoms with Gasteiger partial charge in [-0.2, -0.15) is 5.10 Å². The van der Waals surface area contributed by atoms with Gasteiger partial charge in [-0.25, -0.2) is 19.0 Å². The summed E-state index contributed by atoms with van der Waals surface area (Å²) in [4.78, 5) is 52.0. The number of rotatable bonds is 10. The van der Waals surface area contributed by atoms with E-state index in [1.54, 1.807) is 73.3 Å². The lowest BCUT2D eigenvalue weighted by atomic mass is 10.0. The number of carbonyl (C=O) groups is 3. The molecule has 0 radical (unpaired) electrons. The molecule has 13 heteroatoms. The second-order valence-electron chi connectivity index (χ2n) is 9.94. The number of para-hydroxylation sites is 2. The van der Waals surface area contributed by atoms with Crippen molar-refractivity contribution in [2.75, 3.05) is 33.3 Å². The summed E-state index contributed by atoms with van der Waals surface area (Å²) in [7, 11) is 5.54. The zero-order chi connectivity index (χ0) is 33.0. The van der Waals surface area contributed by atoms with Crippen molar-refractivity contribution in [3.8, 4) is 34.1 Å². The maximum absolute atomic E-state index is 13.2. The second kappa shape index (κ2) is 13.3. The van der Waals surface area contributed by atoms with E-state index in [0.29, 0.717) is 22.6 Å². The van der Waals surface area contributed by atoms with Gasteiger partial charge in [0.15, 0.2) is 23.8 Å². The van der Waals surface area contributed by atoms with Gasteiger partial charge in [0.05, 0.1) is 38.4 Å². The molecule has 0 unspecified atom stereocenters. The quantitative estimate of drug-likeness (QED) is 0.228. The number of nitrogens with zero attached hydrogens (tertiary/aromatic N) is 4. The Hall–Kier alpha value is -6.11. The summed E-state index contributed by atoms with van der Waals surface area (Å²) >= 11 is 0. The van der Waals surface area contributed by atoms with Crippen LogP contribution in [0.4, 0.5) is 5.69 Å². The summed E-state index contributed by atoms with van der Waals surface area (Å²) in [6, 6.07) is 22.5. The highest BCUT2D eigenvalue weighted by atomic mass is 16.5. The lowest BCUT2D eigenvalue weighted by Crippen LogP contribution is -2.25. The number of hydrogen-bond donors (Lipinski definition) is 1. The molecule has 5 rings (SSSR count). The number of benzene rings is 3. The Kier molecular flexibility index (Phi) is 9.03. The van der Waals surface area contributed by atoms with Gasteiger partial charge in [-0.1, -0.05) is 36.4 Å². The van der Waals surface area contributed by atoms with Gasteiger partial charge in [0.1, 0.15) is 16.9 Å². The third-order valence-electron chi connectivity index (χ3n) is 7.27. The molecule has 0 saturated carbocycles. The number of amides is 1. The van der Waals surface area contributed by atoms with Crippen LogP contribution in [0, 0.1) is 6.92 Å². The van der Waals surface area contributed by atoms with Crippen LogP contribution in [0.1, 0.15) is 26.5 Å². The topological polar surface area (TPSA) is 145 Å². The zero-order valence-corrected chi connectivity index (χ0v) is 25.8. The van der Waals surface area contributed by atoms with Crippen molar-refractivity contribution < 1.29 is 33.3 Å². The van der Waals surface area contributed by atoms with E-state index in [9.17, 15) is 19.2 Å². The first-order valence-corrected chi connectivity index (χ1v) is 14.0. The summed E-state index contributed by atoms with van der Waals surface area (Å²) in [5.41, 5.74) is 1.79. The van der Waals surface area contributed by atoms with E-state index in [2.05, 4.69) is 10.4 Å². The summed E-state index contributed by atoms with van der Waals surface area (Å²) in [5, 5.41) is 7.24. The Labute approximate surface area is 263 Å². The largest absolute Gasteiger partial charge is 0.493 e. The fraction of sp³-hybridized carbons (Fsp3) is 0.182. The Morgan fingerprint density at radius 2 is 1.46 bits per heavy atom. The Morgan fingerprint density at radius 1 is 0.826 bits per heavy atom. The van der Waals surface area contributed by atoms with Gasteiger partial charge in [-0.05, 0) is 49.4 Å². The van der Waals surface area contributed by atoms with Gasteiger partial charge >= 0.3 is 11.9 Å². The van der Waals surface area contributed by atoms with E-state index in [4.69, 9.17) is 18.9 Å². The normalized spacial score (nSPS) is 10.7. The van der Waals surface area contributed by atoms with Gasteiger partial charge in [-0.3, -0.25) is 14.3 Å². The number of hydrogen-bond acceptors (Lipinski definition) is 9. The molecule has 2 heterocycles. The van der Waals surface area contributed by atoms with Crippen LogP contribution < -0.4 is 20.3 Å². The van der Waals surface area contributed by atoms with Crippen LogP contribution in [0.5, 0.6) is 11.5 Å². The van der Waals surface area contributed by atoms with E-state index < -0.39 is 24.5 Å². The molecule has 0 fully saturated rings. The Bertz CT molecular complexity index is 1980. The molecule has 0 atom stereocenters. The molecule has 2 aromatic heterocycles. The highest BCUT2D eigenvalue weighted by molar-refractivity contribution is 6.07. The molecular formula is C33H31N5O8. The number of ether oxygens (including phenoxy) is 4. The SMILES string of the molecule is COC(=O)c1c(-c2ccc(OCC(=O)Nc3c(C)n(C)n(-c4ccccc4)c3=O)c(OC)c2)nn(-c2ccccc2)c1C(=O)OC. The monoisotopic (exact) mass is 625 g/mol. The lowest BCUT2D eigenvalue weighted by Gasteiger charge is -2.12. The lowest BCUT2D eigenvalue weighted by molar-refractivity contribution is -0.118. The summed E-state index contributed by atoms with van der Waals surface area (Å²) < 4.78 is 25.7. The van der Waals surface area contributed by atoms with Crippen molar-refractivity contribution in [2.24, 2.45) is 7.05 Å². The van der Waals surface area contributed by atoms with Crippen molar-refractivity contribution in [1.82, 2.24) is 19.1 Å². The zero-order valence-electron chi connectivity index (χ0n) is 25.8. The number of aromatic nitrogens is 4. The maximum Gasteiger partial charge on any atom is 0.357 e. The number of esters is 2. The van der Waals surface area contributed by atoms with Crippen LogP contribution in [0.2, 0.25) is 0 Å². The molecule has 0 aliphatic heterocycles. The molecule has 0 saturated heterocycles. The molecule has 46 heavy (non-hydrogen) atoms. The first-order valence-electron chi connectivity index (χ1n) is 14.0. The van der Waals surface area contributed by atoms with Gasteiger partial charge in [0.2, 0.25) is 0 Å². The van der Waals surface area contributed by atoms with Crippen molar-refractivity contribution in [2.45, 2.75) is 6.92 Å². The predicted octanol–water partition coefficient (Wildman–Crippen LogP) is 3.94. The molecule has 0 spiro atoms. The van der Waals surface area contributed by atoms with E-state index in [1.807, 2.05) is 18.2 Å². The fourth-order valence-corrected chi connectivity index (χ4v) is 4.92. The second-order valence-corrected chi connectivity index (χ2v) is 9.94. The molecule has 1 N–H and O–H groups in total. The predicted molar refractivity (Wildman–Crippen MR) is 168 cm³/mol. The van der Waals surface area contributed by atoms with Gasteiger partial charge < -0.3 is 24.3 Å². The molecule has 1 amide bonds. The first-order chi connectivity index (χ1) is 22.2. The average molecular weight is 626 g/mol. The molecule has 0 aliphatic carbocycles. The minimum atomic E-state index is -0.795. The van der Waals surface area contributed by atoms with Crippen LogP contribution in [0.3, 0.4) is 0 Å². The van der Waals surface area contributed by atoms with E-state index in [0.717, 1.165) is 0 Å². The van der Waals surface area contributed by atoms with Crippen molar-refractivity contribution >= 4 is 23.5 Å². The Morgan fingerprint density at radius 3 is 2.07 bits per heavy atom. The smallest absolute Gasteiger partial charge is 0.357 e. The fourth-order valence-electron chi connectivity index (χ4n) is 4.92. The first kappa shape index (κ1) is 31.3. The summed E-state index contributed by atoms with van der Waals surface area (Å²) in [6.45, 7) is 1.30. The summed E-state index contributed by atoms with van der Waals surface area (Å²) in [6.07, 6.45) is 0. The van der Waals surface area contributed by atoms with Gasteiger partial charge in [0.25, 0.3) is 11.5 Å². The molecule has 0 aliphatic rings. The van der Waals surface area contributed by atoms with E-state index in [-0.39, 0.29) is 39.7 Å².